The first kappa shape index (κ1) is 11.9. The van der Waals surface area contributed by atoms with Crippen LogP contribution in [0.25, 0.3) is 10.1 Å². The van der Waals surface area contributed by atoms with Crippen molar-refractivity contribution in [2.24, 2.45) is 5.73 Å². The number of benzene rings is 1. The van der Waals surface area contributed by atoms with Crippen LogP contribution in [0.15, 0.2) is 36.4 Å². The van der Waals surface area contributed by atoms with Gasteiger partial charge in [-0.1, -0.05) is 18.2 Å². The zero-order valence-corrected chi connectivity index (χ0v) is 12.1. The molecule has 0 aliphatic rings. The monoisotopic (exact) mass is 273 g/mol. The minimum atomic E-state index is 0.00681. The average molecular weight is 273 g/mol. The Labute approximate surface area is 115 Å². The summed E-state index contributed by atoms with van der Waals surface area (Å²) in [7, 11) is 0. The van der Waals surface area contributed by atoms with Crippen molar-refractivity contribution in [2.45, 2.75) is 19.9 Å². The van der Waals surface area contributed by atoms with Crippen LogP contribution in [0.4, 0.5) is 0 Å². The van der Waals surface area contributed by atoms with Crippen LogP contribution in [0.5, 0.6) is 0 Å². The molecule has 1 unspecified atom stereocenters. The van der Waals surface area contributed by atoms with Gasteiger partial charge in [-0.05, 0) is 43.0 Å². The van der Waals surface area contributed by atoms with E-state index in [1.807, 2.05) is 11.3 Å². The van der Waals surface area contributed by atoms with E-state index in [1.165, 1.54) is 30.3 Å². The SMILES string of the molecule is Cc1cc(C(N)c2cc3ccccc3s2)c(C)s1. The molecule has 0 bridgehead atoms. The molecule has 3 heteroatoms. The second-order valence-electron chi connectivity index (χ2n) is 4.53. The summed E-state index contributed by atoms with van der Waals surface area (Å²) in [6.07, 6.45) is 0. The fraction of sp³-hybridized carbons (Fsp3) is 0.200. The van der Waals surface area contributed by atoms with Crippen molar-refractivity contribution in [2.75, 3.05) is 0 Å². The third kappa shape index (κ3) is 1.99. The Kier molecular flexibility index (Phi) is 2.98. The number of hydrogen-bond acceptors (Lipinski definition) is 3. The van der Waals surface area contributed by atoms with Crippen LogP contribution in [0.2, 0.25) is 0 Å². The lowest BCUT2D eigenvalue weighted by Crippen LogP contribution is -2.10. The molecule has 2 heterocycles. The van der Waals surface area contributed by atoms with Crippen molar-refractivity contribution in [3.05, 3.63) is 56.6 Å². The van der Waals surface area contributed by atoms with Gasteiger partial charge in [-0.3, -0.25) is 0 Å². The molecule has 1 atom stereocenters. The highest BCUT2D eigenvalue weighted by molar-refractivity contribution is 7.19. The Balaban J connectivity index is 2.06. The van der Waals surface area contributed by atoms with E-state index in [1.54, 1.807) is 11.3 Å². The molecule has 1 nitrogen and oxygen atoms in total. The topological polar surface area (TPSA) is 26.0 Å². The molecule has 0 amide bonds. The summed E-state index contributed by atoms with van der Waals surface area (Å²) in [6.45, 7) is 4.29. The minimum Gasteiger partial charge on any atom is -0.320 e. The first-order valence-electron chi connectivity index (χ1n) is 5.96. The highest BCUT2D eigenvalue weighted by atomic mass is 32.1. The smallest absolute Gasteiger partial charge is 0.0657 e. The summed E-state index contributed by atoms with van der Waals surface area (Å²) < 4.78 is 1.31. The van der Waals surface area contributed by atoms with Crippen molar-refractivity contribution in [1.29, 1.82) is 0 Å². The zero-order chi connectivity index (χ0) is 12.7. The van der Waals surface area contributed by atoms with E-state index in [0.717, 1.165) is 0 Å². The molecule has 3 rings (SSSR count). The molecule has 92 valence electrons. The summed E-state index contributed by atoms with van der Waals surface area (Å²) in [6, 6.07) is 12.9. The van der Waals surface area contributed by atoms with Gasteiger partial charge in [0.05, 0.1) is 6.04 Å². The molecule has 3 aromatic rings. The first-order valence-corrected chi connectivity index (χ1v) is 7.59. The molecule has 0 saturated carbocycles. The predicted octanol–water partition coefficient (Wildman–Crippen LogP) is 4.63. The molecular formula is C15H15NS2. The van der Waals surface area contributed by atoms with E-state index < -0.39 is 0 Å². The molecule has 0 aliphatic heterocycles. The molecule has 0 saturated heterocycles. The summed E-state index contributed by atoms with van der Waals surface area (Å²) in [5.74, 6) is 0. The van der Waals surface area contributed by atoms with Crippen LogP contribution >= 0.6 is 22.7 Å². The lowest BCUT2D eigenvalue weighted by Gasteiger charge is -2.08. The van der Waals surface area contributed by atoms with E-state index in [2.05, 4.69) is 50.2 Å². The normalized spacial score (nSPS) is 13.1. The molecule has 2 N–H and O–H groups in total. The highest BCUT2D eigenvalue weighted by Crippen LogP contribution is 2.35. The molecular weight excluding hydrogens is 258 g/mol. The molecule has 2 aromatic heterocycles. The Morgan fingerprint density at radius 2 is 1.83 bits per heavy atom. The molecule has 1 aromatic carbocycles. The van der Waals surface area contributed by atoms with Crippen molar-refractivity contribution >= 4 is 32.8 Å². The average Bonchev–Trinajstić information content (AvgIpc) is 2.91. The lowest BCUT2D eigenvalue weighted by atomic mass is 10.1. The minimum absolute atomic E-state index is 0.00681. The standard InChI is InChI=1S/C15H15NS2/c1-9-7-12(10(2)17-9)15(16)14-8-11-5-3-4-6-13(11)18-14/h3-8,15H,16H2,1-2H3. The van der Waals surface area contributed by atoms with Crippen LogP contribution in [0, 0.1) is 13.8 Å². The number of fused-ring (bicyclic) bond motifs is 1. The third-order valence-electron chi connectivity index (χ3n) is 3.17. The Morgan fingerprint density at radius 3 is 2.50 bits per heavy atom. The van der Waals surface area contributed by atoms with E-state index in [-0.39, 0.29) is 6.04 Å². The van der Waals surface area contributed by atoms with E-state index in [9.17, 15) is 0 Å². The van der Waals surface area contributed by atoms with Crippen molar-refractivity contribution < 1.29 is 0 Å². The Morgan fingerprint density at radius 1 is 1.06 bits per heavy atom. The van der Waals surface area contributed by atoms with Gasteiger partial charge in [0.15, 0.2) is 0 Å². The number of nitrogens with two attached hydrogens (primary N) is 1. The fourth-order valence-electron chi connectivity index (χ4n) is 2.27. The van der Waals surface area contributed by atoms with Crippen LogP contribution < -0.4 is 5.73 Å². The van der Waals surface area contributed by atoms with Gasteiger partial charge in [0.2, 0.25) is 0 Å². The predicted molar refractivity (Wildman–Crippen MR) is 81.6 cm³/mol. The van der Waals surface area contributed by atoms with Gasteiger partial charge in [0.25, 0.3) is 0 Å². The van der Waals surface area contributed by atoms with E-state index >= 15 is 0 Å². The van der Waals surface area contributed by atoms with Gasteiger partial charge in [-0.25, -0.2) is 0 Å². The summed E-state index contributed by atoms with van der Waals surface area (Å²) >= 11 is 3.62. The second-order valence-corrected chi connectivity index (χ2v) is 7.11. The fourth-order valence-corrected chi connectivity index (χ4v) is 4.33. The Bertz CT molecular complexity index is 660. The van der Waals surface area contributed by atoms with Crippen molar-refractivity contribution in [3.8, 4) is 0 Å². The molecule has 0 spiro atoms. The van der Waals surface area contributed by atoms with Gasteiger partial charge in [0, 0.05) is 19.3 Å². The van der Waals surface area contributed by atoms with Gasteiger partial charge in [-0.15, -0.1) is 22.7 Å². The van der Waals surface area contributed by atoms with E-state index in [4.69, 9.17) is 5.73 Å². The quantitative estimate of drug-likeness (QED) is 0.724. The molecule has 0 fully saturated rings. The van der Waals surface area contributed by atoms with Gasteiger partial charge >= 0.3 is 0 Å². The van der Waals surface area contributed by atoms with Crippen LogP contribution in [0.1, 0.15) is 26.2 Å². The zero-order valence-electron chi connectivity index (χ0n) is 10.4. The van der Waals surface area contributed by atoms with Crippen LogP contribution in [-0.2, 0) is 0 Å². The molecule has 0 radical (unpaired) electrons. The second kappa shape index (κ2) is 4.50. The number of thiophene rings is 2. The molecule has 0 aliphatic carbocycles. The van der Waals surface area contributed by atoms with Crippen LogP contribution in [0.3, 0.4) is 0 Å². The number of aryl methyl sites for hydroxylation is 2. The highest BCUT2D eigenvalue weighted by Gasteiger charge is 2.16. The summed E-state index contributed by atoms with van der Waals surface area (Å²) in [5, 5.41) is 1.29. The number of rotatable bonds is 2. The number of hydrogen-bond donors (Lipinski definition) is 1. The maximum Gasteiger partial charge on any atom is 0.0657 e. The first-order chi connectivity index (χ1) is 8.65. The Hall–Kier alpha value is -1.16. The maximum atomic E-state index is 6.41. The molecule has 18 heavy (non-hydrogen) atoms. The van der Waals surface area contributed by atoms with Crippen molar-refractivity contribution in [3.63, 3.8) is 0 Å². The third-order valence-corrected chi connectivity index (χ3v) is 5.35. The van der Waals surface area contributed by atoms with Gasteiger partial charge in [0.1, 0.15) is 0 Å². The summed E-state index contributed by atoms with van der Waals surface area (Å²) in [4.78, 5) is 3.91. The maximum absolute atomic E-state index is 6.41. The van der Waals surface area contributed by atoms with Gasteiger partial charge < -0.3 is 5.73 Å². The largest absolute Gasteiger partial charge is 0.320 e. The van der Waals surface area contributed by atoms with Crippen LogP contribution in [-0.4, -0.2) is 0 Å². The van der Waals surface area contributed by atoms with E-state index in [0.29, 0.717) is 0 Å². The summed E-state index contributed by atoms with van der Waals surface area (Å²) in [5.41, 5.74) is 7.68. The van der Waals surface area contributed by atoms with Crippen molar-refractivity contribution in [1.82, 2.24) is 0 Å². The lowest BCUT2D eigenvalue weighted by molar-refractivity contribution is 0.891. The van der Waals surface area contributed by atoms with Gasteiger partial charge in [-0.2, -0.15) is 0 Å².